The van der Waals surface area contributed by atoms with Gasteiger partial charge in [0.25, 0.3) is 0 Å². The van der Waals surface area contributed by atoms with Crippen LogP contribution in [0.25, 0.3) is 0 Å². The molecule has 5 heteroatoms. The molecular formula is C9H18N2O3. The van der Waals surface area contributed by atoms with Gasteiger partial charge in [-0.15, -0.1) is 0 Å². The highest BCUT2D eigenvalue weighted by molar-refractivity contribution is 5.71. The molecule has 0 saturated carbocycles. The Bertz CT molecular complexity index is 163. The van der Waals surface area contributed by atoms with Crippen molar-refractivity contribution in [2.45, 2.75) is 38.5 Å². The van der Waals surface area contributed by atoms with Crippen LogP contribution in [0.5, 0.6) is 0 Å². The van der Waals surface area contributed by atoms with Crippen LogP contribution in [0.1, 0.15) is 38.5 Å². The number of carboxylic acid groups (broad SMARTS) is 1. The van der Waals surface area contributed by atoms with Crippen LogP contribution >= 0.6 is 0 Å². The van der Waals surface area contributed by atoms with Crippen LogP contribution in [0, 0.1) is 0 Å². The Kier molecular flexibility index (Phi) is 7.59. The van der Waals surface area contributed by atoms with E-state index in [4.69, 9.17) is 10.8 Å². The predicted octanol–water partition coefficient (Wildman–Crippen LogP) is 1.08. The number of nitrogens with two attached hydrogens (primary N) is 1. The molecule has 0 aliphatic carbocycles. The number of primary amides is 1. The van der Waals surface area contributed by atoms with E-state index >= 15 is 0 Å². The maximum atomic E-state index is 10.3. The first-order chi connectivity index (χ1) is 6.63. The molecule has 0 aliphatic rings. The van der Waals surface area contributed by atoms with Gasteiger partial charge in [0.1, 0.15) is 0 Å². The van der Waals surface area contributed by atoms with Gasteiger partial charge in [-0.3, -0.25) is 4.79 Å². The van der Waals surface area contributed by atoms with Crippen LogP contribution in [0.3, 0.4) is 0 Å². The molecule has 0 atom stereocenters. The number of urea groups is 1. The Balaban J connectivity index is 2.99. The van der Waals surface area contributed by atoms with Gasteiger partial charge in [0, 0.05) is 13.0 Å². The molecule has 0 rings (SSSR count). The molecule has 0 spiro atoms. The van der Waals surface area contributed by atoms with Crippen molar-refractivity contribution in [3.05, 3.63) is 0 Å². The van der Waals surface area contributed by atoms with E-state index in [-0.39, 0.29) is 6.42 Å². The summed E-state index contributed by atoms with van der Waals surface area (Å²) in [6, 6.07) is -0.490. The third kappa shape index (κ3) is 10.7. The quantitative estimate of drug-likeness (QED) is 0.514. The van der Waals surface area contributed by atoms with E-state index in [9.17, 15) is 9.59 Å². The first-order valence-electron chi connectivity index (χ1n) is 4.88. The number of aliphatic carboxylic acids is 1. The van der Waals surface area contributed by atoms with Crippen molar-refractivity contribution in [1.82, 2.24) is 5.32 Å². The number of carbonyl (C=O) groups excluding carboxylic acids is 1. The monoisotopic (exact) mass is 202 g/mol. The van der Waals surface area contributed by atoms with Crippen LogP contribution in [-0.4, -0.2) is 23.7 Å². The van der Waals surface area contributed by atoms with E-state index in [0.717, 1.165) is 32.1 Å². The van der Waals surface area contributed by atoms with Crippen molar-refractivity contribution in [3.8, 4) is 0 Å². The molecule has 0 radical (unpaired) electrons. The second kappa shape index (κ2) is 8.34. The second-order valence-corrected chi connectivity index (χ2v) is 3.20. The Morgan fingerprint density at radius 2 is 1.64 bits per heavy atom. The van der Waals surface area contributed by atoms with Gasteiger partial charge in [-0.25, -0.2) is 4.79 Å². The van der Waals surface area contributed by atoms with Gasteiger partial charge < -0.3 is 16.2 Å². The lowest BCUT2D eigenvalue weighted by Gasteiger charge is -2.01. The minimum absolute atomic E-state index is 0.250. The number of carboxylic acids is 1. The lowest BCUT2D eigenvalue weighted by Crippen LogP contribution is -2.29. The lowest BCUT2D eigenvalue weighted by molar-refractivity contribution is -0.137. The van der Waals surface area contributed by atoms with Crippen molar-refractivity contribution < 1.29 is 14.7 Å². The normalized spacial score (nSPS) is 9.71. The smallest absolute Gasteiger partial charge is 0.312 e. The van der Waals surface area contributed by atoms with E-state index in [1.54, 1.807) is 0 Å². The number of unbranched alkanes of at least 4 members (excludes halogenated alkanes) is 4. The molecular weight excluding hydrogens is 184 g/mol. The molecule has 5 nitrogen and oxygen atoms in total. The van der Waals surface area contributed by atoms with Gasteiger partial charge in [-0.05, 0) is 12.8 Å². The summed E-state index contributed by atoms with van der Waals surface area (Å²) in [5, 5.41) is 10.9. The van der Waals surface area contributed by atoms with Crippen molar-refractivity contribution in [2.75, 3.05) is 6.54 Å². The first-order valence-corrected chi connectivity index (χ1v) is 4.88. The zero-order chi connectivity index (χ0) is 10.8. The number of amides is 2. The summed E-state index contributed by atoms with van der Waals surface area (Å²) < 4.78 is 0. The average Bonchev–Trinajstić information content (AvgIpc) is 2.08. The zero-order valence-corrected chi connectivity index (χ0v) is 8.29. The highest BCUT2D eigenvalue weighted by Gasteiger charge is 1.96. The highest BCUT2D eigenvalue weighted by atomic mass is 16.4. The Labute approximate surface area is 83.7 Å². The molecule has 0 saturated heterocycles. The number of carbonyl (C=O) groups is 2. The molecule has 0 aliphatic heterocycles. The maximum absolute atomic E-state index is 10.3. The van der Waals surface area contributed by atoms with Gasteiger partial charge >= 0.3 is 12.0 Å². The minimum Gasteiger partial charge on any atom is -0.481 e. The summed E-state index contributed by atoms with van der Waals surface area (Å²) in [6.07, 6.45) is 4.82. The van der Waals surface area contributed by atoms with Crippen molar-refractivity contribution >= 4 is 12.0 Å². The van der Waals surface area contributed by atoms with Gasteiger partial charge in [-0.1, -0.05) is 19.3 Å². The van der Waals surface area contributed by atoms with Gasteiger partial charge in [0.05, 0.1) is 0 Å². The molecule has 0 heterocycles. The van der Waals surface area contributed by atoms with E-state index in [1.165, 1.54) is 0 Å². The Morgan fingerprint density at radius 3 is 2.21 bits per heavy atom. The minimum atomic E-state index is -0.736. The fourth-order valence-corrected chi connectivity index (χ4v) is 1.14. The van der Waals surface area contributed by atoms with E-state index in [1.807, 2.05) is 0 Å². The molecule has 14 heavy (non-hydrogen) atoms. The summed E-state index contributed by atoms with van der Waals surface area (Å²) in [6.45, 7) is 0.605. The SMILES string of the molecule is NC(=O)NCCCCCCCC(=O)O. The van der Waals surface area contributed by atoms with E-state index < -0.39 is 12.0 Å². The maximum Gasteiger partial charge on any atom is 0.312 e. The third-order valence-electron chi connectivity index (χ3n) is 1.87. The zero-order valence-electron chi connectivity index (χ0n) is 8.29. The second-order valence-electron chi connectivity index (χ2n) is 3.20. The van der Waals surface area contributed by atoms with Crippen LogP contribution in [-0.2, 0) is 4.79 Å². The molecule has 0 fully saturated rings. The van der Waals surface area contributed by atoms with Gasteiger partial charge in [0.15, 0.2) is 0 Å². The fourth-order valence-electron chi connectivity index (χ4n) is 1.14. The molecule has 0 unspecified atom stereocenters. The predicted molar refractivity (Wildman–Crippen MR) is 52.9 cm³/mol. The van der Waals surface area contributed by atoms with Crippen molar-refractivity contribution in [3.63, 3.8) is 0 Å². The molecule has 0 aromatic carbocycles. The van der Waals surface area contributed by atoms with Gasteiger partial charge in [0.2, 0.25) is 0 Å². The van der Waals surface area contributed by atoms with Crippen LogP contribution in [0.4, 0.5) is 4.79 Å². The molecule has 0 aromatic heterocycles. The van der Waals surface area contributed by atoms with Crippen LogP contribution in [0.2, 0.25) is 0 Å². The summed E-state index contributed by atoms with van der Waals surface area (Å²) in [4.78, 5) is 20.4. The Morgan fingerprint density at radius 1 is 1.07 bits per heavy atom. The average molecular weight is 202 g/mol. The summed E-state index contributed by atoms with van der Waals surface area (Å²) in [7, 11) is 0. The van der Waals surface area contributed by atoms with Crippen molar-refractivity contribution in [2.24, 2.45) is 5.73 Å². The molecule has 2 amide bonds. The number of rotatable bonds is 8. The molecule has 0 bridgehead atoms. The topological polar surface area (TPSA) is 92.4 Å². The van der Waals surface area contributed by atoms with E-state index in [2.05, 4.69) is 5.32 Å². The lowest BCUT2D eigenvalue weighted by atomic mass is 10.1. The molecule has 0 aromatic rings. The Hall–Kier alpha value is -1.26. The summed E-state index contributed by atoms with van der Waals surface area (Å²) in [5.41, 5.74) is 4.87. The molecule has 4 N–H and O–H groups in total. The molecule has 82 valence electrons. The largest absolute Gasteiger partial charge is 0.481 e. The van der Waals surface area contributed by atoms with E-state index in [0.29, 0.717) is 6.54 Å². The summed E-state index contributed by atoms with van der Waals surface area (Å²) in [5.74, 6) is -0.736. The first kappa shape index (κ1) is 12.7. The van der Waals surface area contributed by atoms with Crippen molar-refractivity contribution in [1.29, 1.82) is 0 Å². The van der Waals surface area contributed by atoms with Gasteiger partial charge in [-0.2, -0.15) is 0 Å². The highest BCUT2D eigenvalue weighted by Crippen LogP contribution is 2.04. The van der Waals surface area contributed by atoms with Crippen LogP contribution in [0.15, 0.2) is 0 Å². The number of hydrogen-bond donors (Lipinski definition) is 3. The number of hydrogen-bond acceptors (Lipinski definition) is 2. The number of nitrogens with one attached hydrogen (secondary N) is 1. The summed E-state index contributed by atoms with van der Waals surface area (Å²) >= 11 is 0. The third-order valence-corrected chi connectivity index (χ3v) is 1.87. The fraction of sp³-hybridized carbons (Fsp3) is 0.778. The van der Waals surface area contributed by atoms with Crippen LogP contribution < -0.4 is 11.1 Å². The standard InChI is InChI=1S/C9H18N2O3/c10-9(14)11-7-5-3-1-2-4-6-8(12)13/h1-7H2,(H,12,13)(H3,10,11,14).